The number of benzene rings is 2. The van der Waals surface area contributed by atoms with Crippen LogP contribution in [-0.2, 0) is 11.3 Å². The second-order valence-electron chi connectivity index (χ2n) is 8.51. The van der Waals surface area contributed by atoms with E-state index in [9.17, 15) is 4.79 Å². The lowest BCUT2D eigenvalue weighted by Gasteiger charge is -2.27. The van der Waals surface area contributed by atoms with E-state index in [1.54, 1.807) is 4.90 Å². The number of nitrogens with zero attached hydrogens (tertiary/aromatic N) is 5. The molecular formula is C26H31N5O. The van der Waals surface area contributed by atoms with Crippen molar-refractivity contribution in [3.8, 4) is 12.1 Å². The largest absolute Gasteiger partial charge is 0.310 e. The van der Waals surface area contributed by atoms with Gasteiger partial charge in [-0.2, -0.15) is 10.5 Å². The van der Waals surface area contributed by atoms with Crippen LogP contribution in [0.3, 0.4) is 0 Å². The Morgan fingerprint density at radius 1 is 0.969 bits per heavy atom. The molecule has 0 radical (unpaired) electrons. The van der Waals surface area contributed by atoms with Gasteiger partial charge in [-0.05, 0) is 74.3 Å². The predicted molar refractivity (Wildman–Crippen MR) is 126 cm³/mol. The summed E-state index contributed by atoms with van der Waals surface area (Å²) in [5, 5.41) is 18.0. The van der Waals surface area contributed by atoms with Gasteiger partial charge in [0.05, 0.1) is 30.7 Å². The summed E-state index contributed by atoms with van der Waals surface area (Å²) < 4.78 is 0. The number of anilines is 1. The molecule has 0 unspecified atom stereocenters. The first-order chi connectivity index (χ1) is 15.5. The van der Waals surface area contributed by atoms with Crippen LogP contribution in [0.25, 0.3) is 0 Å². The maximum Gasteiger partial charge on any atom is 0.241 e. The van der Waals surface area contributed by atoms with E-state index in [2.05, 4.69) is 28.0 Å². The molecule has 1 aliphatic rings. The van der Waals surface area contributed by atoms with Gasteiger partial charge < -0.3 is 4.90 Å². The second-order valence-corrected chi connectivity index (χ2v) is 8.51. The topological polar surface area (TPSA) is 74.4 Å². The van der Waals surface area contributed by atoms with Crippen molar-refractivity contribution >= 4 is 11.6 Å². The minimum atomic E-state index is 0.0470. The fourth-order valence-electron chi connectivity index (χ4n) is 4.23. The van der Waals surface area contributed by atoms with Crippen LogP contribution < -0.4 is 4.90 Å². The summed E-state index contributed by atoms with van der Waals surface area (Å²) in [6.07, 6.45) is 1.32. The van der Waals surface area contributed by atoms with E-state index in [0.29, 0.717) is 25.1 Å². The Hall–Kier alpha value is -3.19. The first-order valence-electron chi connectivity index (χ1n) is 11.2. The molecule has 1 fully saturated rings. The number of hydrogen-bond donors (Lipinski definition) is 0. The van der Waals surface area contributed by atoms with Crippen LogP contribution in [0, 0.1) is 36.5 Å². The average Bonchev–Trinajstić information content (AvgIpc) is 2.99. The highest BCUT2D eigenvalue weighted by atomic mass is 16.2. The van der Waals surface area contributed by atoms with Gasteiger partial charge in [-0.1, -0.05) is 18.2 Å². The molecule has 1 heterocycles. The Kier molecular flexibility index (Phi) is 8.39. The zero-order chi connectivity index (χ0) is 22.9. The summed E-state index contributed by atoms with van der Waals surface area (Å²) in [7, 11) is 0. The Morgan fingerprint density at radius 3 is 2.28 bits per heavy atom. The van der Waals surface area contributed by atoms with E-state index in [1.165, 1.54) is 5.56 Å². The van der Waals surface area contributed by atoms with Crippen molar-refractivity contribution in [1.82, 2.24) is 9.80 Å². The lowest BCUT2D eigenvalue weighted by molar-refractivity contribution is -0.119. The molecule has 1 amide bonds. The molecule has 6 nitrogen and oxygen atoms in total. The van der Waals surface area contributed by atoms with Gasteiger partial charge in [-0.15, -0.1) is 0 Å². The number of aryl methyl sites for hydroxylation is 2. The number of hydrogen-bond acceptors (Lipinski definition) is 5. The summed E-state index contributed by atoms with van der Waals surface area (Å²) in [6, 6.07) is 18.2. The molecule has 0 atom stereocenters. The fraction of sp³-hybridized carbons (Fsp3) is 0.423. The first kappa shape index (κ1) is 23.5. The molecule has 2 aromatic carbocycles. The van der Waals surface area contributed by atoms with Gasteiger partial charge in [0, 0.05) is 31.9 Å². The quantitative estimate of drug-likeness (QED) is 0.672. The van der Waals surface area contributed by atoms with E-state index in [-0.39, 0.29) is 5.91 Å². The van der Waals surface area contributed by atoms with Crippen LogP contribution in [0.15, 0.2) is 42.5 Å². The van der Waals surface area contributed by atoms with Crippen LogP contribution in [0.5, 0.6) is 0 Å². The molecule has 0 aliphatic carbocycles. The molecule has 3 rings (SSSR count). The van der Waals surface area contributed by atoms with Crippen molar-refractivity contribution in [3.05, 3.63) is 64.7 Å². The van der Waals surface area contributed by atoms with Crippen molar-refractivity contribution < 1.29 is 4.79 Å². The van der Waals surface area contributed by atoms with Crippen molar-refractivity contribution in [2.75, 3.05) is 44.2 Å². The van der Waals surface area contributed by atoms with Crippen molar-refractivity contribution in [1.29, 1.82) is 10.5 Å². The molecule has 0 aromatic heterocycles. The lowest BCUT2D eigenvalue weighted by Crippen LogP contribution is -2.42. The Morgan fingerprint density at radius 2 is 1.62 bits per heavy atom. The van der Waals surface area contributed by atoms with E-state index in [1.807, 2.05) is 50.2 Å². The third kappa shape index (κ3) is 6.65. The van der Waals surface area contributed by atoms with Crippen LogP contribution in [0.1, 0.15) is 35.1 Å². The molecule has 166 valence electrons. The van der Waals surface area contributed by atoms with Crippen molar-refractivity contribution in [2.45, 2.75) is 33.2 Å². The summed E-state index contributed by atoms with van der Waals surface area (Å²) in [4.78, 5) is 19.6. The van der Waals surface area contributed by atoms with Crippen LogP contribution in [-0.4, -0.2) is 55.0 Å². The van der Waals surface area contributed by atoms with Crippen molar-refractivity contribution in [2.24, 2.45) is 0 Å². The normalized spacial score (nSPS) is 14.9. The number of amides is 1. The zero-order valence-electron chi connectivity index (χ0n) is 19.0. The Bertz CT molecular complexity index is 982. The summed E-state index contributed by atoms with van der Waals surface area (Å²) in [5.74, 6) is 0.0470. The molecule has 2 aromatic rings. The molecular weight excluding hydrogens is 398 g/mol. The van der Waals surface area contributed by atoms with Gasteiger partial charge in [-0.25, -0.2) is 0 Å². The Balaban J connectivity index is 1.60. The number of rotatable bonds is 7. The van der Waals surface area contributed by atoms with Crippen LogP contribution >= 0.6 is 0 Å². The SMILES string of the molecule is Cc1cc(C)cc(N(CCC#N)C(=O)CN2CCCN(Cc3ccc(C#N)cc3)CC2)c1. The standard InChI is InChI=1S/C26H31N5O/c1-21-15-22(2)17-25(16-21)31(12-3-9-27)26(32)20-30-11-4-10-29(13-14-30)19-24-7-5-23(18-28)6-8-24/h5-8,15-17H,3-4,10-14,19-20H2,1-2H3. The minimum absolute atomic E-state index is 0.0470. The number of nitriles is 2. The van der Waals surface area contributed by atoms with Gasteiger partial charge >= 0.3 is 0 Å². The molecule has 6 heteroatoms. The minimum Gasteiger partial charge on any atom is -0.310 e. The predicted octanol–water partition coefficient (Wildman–Crippen LogP) is 3.63. The van der Waals surface area contributed by atoms with Crippen LogP contribution in [0.2, 0.25) is 0 Å². The fourth-order valence-corrected chi connectivity index (χ4v) is 4.23. The lowest BCUT2D eigenvalue weighted by atomic mass is 10.1. The maximum atomic E-state index is 13.2. The van der Waals surface area contributed by atoms with E-state index < -0.39 is 0 Å². The van der Waals surface area contributed by atoms with Crippen molar-refractivity contribution in [3.63, 3.8) is 0 Å². The molecule has 0 N–H and O–H groups in total. The molecule has 0 bridgehead atoms. The zero-order valence-corrected chi connectivity index (χ0v) is 19.0. The number of carbonyl (C=O) groups is 1. The molecule has 1 aliphatic heterocycles. The Labute approximate surface area is 191 Å². The van der Waals surface area contributed by atoms with Gasteiger partial charge in [0.15, 0.2) is 0 Å². The summed E-state index contributed by atoms with van der Waals surface area (Å²) in [5.41, 5.74) is 4.98. The maximum absolute atomic E-state index is 13.2. The second kappa shape index (κ2) is 11.4. The highest BCUT2D eigenvalue weighted by Gasteiger charge is 2.22. The van der Waals surface area contributed by atoms with Gasteiger partial charge in [-0.3, -0.25) is 14.6 Å². The summed E-state index contributed by atoms with van der Waals surface area (Å²) in [6.45, 7) is 9.29. The molecule has 0 spiro atoms. The third-order valence-electron chi connectivity index (χ3n) is 5.80. The third-order valence-corrected chi connectivity index (χ3v) is 5.80. The smallest absolute Gasteiger partial charge is 0.241 e. The van der Waals surface area contributed by atoms with E-state index in [4.69, 9.17) is 10.5 Å². The van der Waals surface area contributed by atoms with Gasteiger partial charge in [0.25, 0.3) is 0 Å². The highest BCUT2D eigenvalue weighted by Crippen LogP contribution is 2.20. The number of carbonyl (C=O) groups excluding carboxylic acids is 1. The van der Waals surface area contributed by atoms with E-state index in [0.717, 1.165) is 56.0 Å². The van der Waals surface area contributed by atoms with Gasteiger partial charge in [0.1, 0.15) is 0 Å². The summed E-state index contributed by atoms with van der Waals surface area (Å²) >= 11 is 0. The van der Waals surface area contributed by atoms with Gasteiger partial charge in [0.2, 0.25) is 5.91 Å². The molecule has 1 saturated heterocycles. The molecule has 32 heavy (non-hydrogen) atoms. The first-order valence-corrected chi connectivity index (χ1v) is 11.2. The molecule has 0 saturated carbocycles. The monoisotopic (exact) mass is 429 g/mol. The van der Waals surface area contributed by atoms with E-state index >= 15 is 0 Å². The van der Waals surface area contributed by atoms with Crippen LogP contribution in [0.4, 0.5) is 5.69 Å². The highest BCUT2D eigenvalue weighted by molar-refractivity contribution is 5.95. The average molecular weight is 430 g/mol.